The van der Waals surface area contributed by atoms with Crippen LogP contribution in [0.2, 0.25) is 0 Å². The zero-order chi connectivity index (χ0) is 23.6. The van der Waals surface area contributed by atoms with Gasteiger partial charge in [-0.25, -0.2) is 13.2 Å². The number of ether oxygens (including phenoxy) is 1. The van der Waals surface area contributed by atoms with Gasteiger partial charge in [-0.1, -0.05) is 6.92 Å². The Bertz CT molecular complexity index is 1220. The van der Waals surface area contributed by atoms with E-state index in [2.05, 4.69) is 5.32 Å². The van der Waals surface area contributed by atoms with Gasteiger partial charge in [0.2, 0.25) is 5.43 Å². The van der Waals surface area contributed by atoms with E-state index in [0.717, 1.165) is 12.6 Å². The predicted octanol–water partition coefficient (Wildman–Crippen LogP) is 1.88. The number of rotatable bonds is 3. The molecule has 1 aromatic carbocycles. The number of nitrogens with one attached hydrogen (secondary N) is 1. The molecule has 0 radical (unpaired) electrons. The van der Waals surface area contributed by atoms with Crippen LogP contribution in [0.3, 0.4) is 0 Å². The number of benzene rings is 1. The van der Waals surface area contributed by atoms with Crippen molar-refractivity contribution in [3.8, 4) is 5.75 Å². The van der Waals surface area contributed by atoms with Gasteiger partial charge in [0.1, 0.15) is 23.0 Å². The molecular weight excluding hydrogens is 443 g/mol. The largest absolute Gasteiger partial charge is 0.503 e. The van der Waals surface area contributed by atoms with Crippen molar-refractivity contribution < 1.29 is 32.6 Å². The molecule has 4 atom stereocenters. The van der Waals surface area contributed by atoms with Crippen molar-refractivity contribution in [2.75, 3.05) is 0 Å². The van der Waals surface area contributed by atoms with E-state index in [0.29, 0.717) is 18.6 Å². The molecule has 2 amide bonds. The molecule has 174 valence electrons. The molecule has 1 saturated heterocycles. The van der Waals surface area contributed by atoms with Crippen molar-refractivity contribution in [2.24, 2.45) is 5.92 Å². The van der Waals surface area contributed by atoms with E-state index in [1.165, 1.54) is 4.57 Å². The van der Waals surface area contributed by atoms with Gasteiger partial charge < -0.3 is 24.6 Å². The fourth-order valence-corrected chi connectivity index (χ4v) is 5.00. The Balaban J connectivity index is 1.44. The van der Waals surface area contributed by atoms with Crippen LogP contribution in [0.5, 0.6) is 5.75 Å². The molecule has 0 spiro atoms. The lowest BCUT2D eigenvalue weighted by Gasteiger charge is -2.44. The molecule has 2 aromatic rings. The molecule has 8 nitrogen and oxygen atoms in total. The number of amides is 2. The number of halogens is 3. The van der Waals surface area contributed by atoms with Crippen LogP contribution in [-0.4, -0.2) is 44.8 Å². The minimum atomic E-state index is -1.19. The van der Waals surface area contributed by atoms with Gasteiger partial charge in [0.05, 0.1) is 12.6 Å². The lowest BCUT2D eigenvalue weighted by Crippen LogP contribution is -2.57. The molecular formula is C22H20F3N3O5. The molecule has 1 saturated carbocycles. The Kier molecular flexibility index (Phi) is 4.96. The van der Waals surface area contributed by atoms with E-state index in [9.17, 15) is 32.7 Å². The van der Waals surface area contributed by atoms with E-state index >= 15 is 0 Å². The van der Waals surface area contributed by atoms with Crippen LogP contribution in [-0.2, 0) is 17.8 Å². The van der Waals surface area contributed by atoms with Crippen LogP contribution >= 0.6 is 0 Å². The minimum Gasteiger partial charge on any atom is -0.503 e. The second kappa shape index (κ2) is 7.62. The zero-order valence-corrected chi connectivity index (χ0v) is 17.5. The van der Waals surface area contributed by atoms with Crippen LogP contribution < -0.4 is 10.7 Å². The fraction of sp³-hybridized carbons (Fsp3) is 0.409. The first-order chi connectivity index (χ1) is 15.7. The highest BCUT2D eigenvalue weighted by Gasteiger charge is 2.50. The van der Waals surface area contributed by atoms with Gasteiger partial charge in [-0.3, -0.25) is 14.4 Å². The highest BCUT2D eigenvalue weighted by molar-refractivity contribution is 5.99. The smallest absolute Gasteiger partial charge is 0.276 e. The average molecular weight is 463 g/mol. The summed E-state index contributed by atoms with van der Waals surface area (Å²) in [7, 11) is 0. The molecule has 3 aliphatic rings. The molecule has 2 N–H and O–H groups in total. The summed E-state index contributed by atoms with van der Waals surface area (Å²) in [5.41, 5.74) is -2.41. The molecule has 5 rings (SSSR count). The molecule has 3 heterocycles. The fourth-order valence-electron chi connectivity index (χ4n) is 5.00. The number of fused-ring (bicyclic) bond motifs is 5. The normalized spacial score (nSPS) is 25.6. The third-order valence-electron chi connectivity index (χ3n) is 6.64. The number of nitrogens with zero attached hydrogens (tertiary/aromatic N) is 2. The quantitative estimate of drug-likeness (QED) is 0.724. The standard InChI is InChI=1S/C22H20F3N3O5/c1-9-2-11-5-16(9)33-17-8-27-7-13(19(29)20(30)18(27)22(32)28(11)17)21(31)26-6-12-14(24)3-10(23)4-15(12)25/h3-4,7,9,11,16-17,30H,2,5-6,8H2,1H3,(H,26,31)/t9-,11-,16-,17?/m0/s1. The number of pyridine rings is 1. The molecule has 2 bridgehead atoms. The molecule has 1 aromatic heterocycles. The first-order valence-electron chi connectivity index (χ1n) is 10.5. The Morgan fingerprint density at radius 1 is 1.21 bits per heavy atom. The van der Waals surface area contributed by atoms with Crippen LogP contribution in [0.25, 0.3) is 0 Å². The maximum absolute atomic E-state index is 13.8. The van der Waals surface area contributed by atoms with E-state index < -0.39 is 64.3 Å². The summed E-state index contributed by atoms with van der Waals surface area (Å²) in [6, 6.07) is 0.891. The summed E-state index contributed by atoms with van der Waals surface area (Å²) in [6.45, 7) is 1.49. The zero-order valence-electron chi connectivity index (χ0n) is 17.5. The topological polar surface area (TPSA) is 101 Å². The third-order valence-corrected chi connectivity index (χ3v) is 6.64. The minimum absolute atomic E-state index is 0.00171. The number of aromatic hydroxyl groups is 1. The summed E-state index contributed by atoms with van der Waals surface area (Å²) in [5, 5.41) is 12.7. The van der Waals surface area contributed by atoms with Crippen molar-refractivity contribution in [1.82, 2.24) is 14.8 Å². The molecule has 1 aliphatic carbocycles. The van der Waals surface area contributed by atoms with Crippen molar-refractivity contribution in [2.45, 2.75) is 51.2 Å². The number of hydrogen-bond donors (Lipinski definition) is 2. The van der Waals surface area contributed by atoms with E-state index in [1.807, 2.05) is 6.92 Å². The van der Waals surface area contributed by atoms with Gasteiger partial charge in [-0.2, -0.15) is 0 Å². The van der Waals surface area contributed by atoms with Gasteiger partial charge in [0, 0.05) is 36.5 Å². The highest BCUT2D eigenvalue weighted by atomic mass is 19.1. The van der Waals surface area contributed by atoms with Crippen molar-refractivity contribution >= 4 is 11.8 Å². The second-order valence-electron chi connectivity index (χ2n) is 8.70. The number of hydrogen-bond acceptors (Lipinski definition) is 5. The van der Waals surface area contributed by atoms with Crippen LogP contribution in [0.4, 0.5) is 13.2 Å². The van der Waals surface area contributed by atoms with E-state index in [4.69, 9.17) is 4.74 Å². The summed E-state index contributed by atoms with van der Waals surface area (Å²) >= 11 is 0. The van der Waals surface area contributed by atoms with Gasteiger partial charge in [-0.15, -0.1) is 0 Å². The van der Waals surface area contributed by atoms with Crippen molar-refractivity contribution in [3.05, 3.63) is 62.8 Å². The first kappa shape index (κ1) is 21.5. The Hall–Kier alpha value is -3.34. The molecule has 1 unspecified atom stereocenters. The van der Waals surface area contributed by atoms with Crippen molar-refractivity contribution in [3.63, 3.8) is 0 Å². The van der Waals surface area contributed by atoms with Gasteiger partial charge in [0.15, 0.2) is 17.7 Å². The summed E-state index contributed by atoms with van der Waals surface area (Å²) in [5.74, 6) is -5.67. The van der Waals surface area contributed by atoms with Gasteiger partial charge >= 0.3 is 0 Å². The maximum Gasteiger partial charge on any atom is 0.276 e. The van der Waals surface area contributed by atoms with E-state index in [1.54, 1.807) is 4.90 Å². The first-order valence-corrected chi connectivity index (χ1v) is 10.5. The summed E-state index contributed by atoms with van der Waals surface area (Å²) in [6.07, 6.45) is 1.98. The maximum atomic E-state index is 13.8. The average Bonchev–Trinajstić information content (AvgIpc) is 3.03. The lowest BCUT2D eigenvalue weighted by molar-refractivity contribution is -0.138. The Morgan fingerprint density at radius 2 is 1.91 bits per heavy atom. The molecule has 11 heteroatoms. The van der Waals surface area contributed by atoms with Crippen molar-refractivity contribution in [1.29, 1.82) is 0 Å². The summed E-state index contributed by atoms with van der Waals surface area (Å²) < 4.78 is 48.1. The Labute approximate surface area is 185 Å². The second-order valence-corrected chi connectivity index (χ2v) is 8.70. The monoisotopic (exact) mass is 463 g/mol. The van der Waals surface area contributed by atoms with Gasteiger partial charge in [-0.05, 0) is 18.8 Å². The number of aromatic nitrogens is 1. The predicted molar refractivity (Wildman–Crippen MR) is 107 cm³/mol. The Morgan fingerprint density at radius 3 is 2.61 bits per heavy atom. The molecule has 2 aliphatic heterocycles. The summed E-state index contributed by atoms with van der Waals surface area (Å²) in [4.78, 5) is 39.9. The van der Waals surface area contributed by atoms with Crippen LogP contribution in [0.15, 0.2) is 23.1 Å². The molecule has 2 fully saturated rings. The van der Waals surface area contributed by atoms with E-state index in [-0.39, 0.29) is 30.3 Å². The number of carbonyl (C=O) groups excluding carboxylic acids is 2. The van der Waals surface area contributed by atoms with Crippen LogP contribution in [0, 0.1) is 23.4 Å². The lowest BCUT2D eigenvalue weighted by atomic mass is 10.1. The third kappa shape index (κ3) is 3.38. The van der Waals surface area contributed by atoms with Gasteiger partial charge in [0.25, 0.3) is 11.8 Å². The number of carbonyl (C=O) groups is 2. The highest BCUT2D eigenvalue weighted by Crippen LogP contribution is 2.41. The molecule has 33 heavy (non-hydrogen) atoms. The van der Waals surface area contributed by atoms with Crippen LogP contribution in [0.1, 0.15) is 46.2 Å². The SMILES string of the molecule is C[C@H]1C[C@H]2C[C@@H]1OC1Cn3cc(C(=O)NCc4c(F)cc(F)cc4F)c(=O)c(O)c3C(=O)N12.